The van der Waals surface area contributed by atoms with Gasteiger partial charge in [-0.2, -0.15) is 0 Å². The van der Waals surface area contributed by atoms with Crippen molar-refractivity contribution >= 4 is 29.4 Å². The Morgan fingerprint density at radius 1 is 1.23 bits per heavy atom. The monoisotopic (exact) mass is 380 g/mol. The molecule has 0 saturated carbocycles. The largest absolute Gasteiger partial charge is 0.479 e. The van der Waals surface area contributed by atoms with Crippen molar-refractivity contribution in [2.75, 3.05) is 13.1 Å². The van der Waals surface area contributed by atoms with Gasteiger partial charge in [0.15, 0.2) is 6.04 Å². The normalized spacial score (nSPS) is 18.9. The molecule has 0 spiro atoms. The van der Waals surface area contributed by atoms with E-state index in [9.17, 15) is 19.5 Å². The maximum absolute atomic E-state index is 12.6. The van der Waals surface area contributed by atoms with Gasteiger partial charge in [0.1, 0.15) is 0 Å². The Morgan fingerprint density at radius 3 is 2.38 bits per heavy atom. The van der Waals surface area contributed by atoms with Gasteiger partial charge in [0.2, 0.25) is 11.8 Å². The van der Waals surface area contributed by atoms with E-state index in [1.54, 1.807) is 29.2 Å². The average molecular weight is 381 g/mol. The van der Waals surface area contributed by atoms with E-state index in [1.165, 1.54) is 0 Å². The lowest BCUT2D eigenvalue weighted by Crippen LogP contribution is -2.49. The fourth-order valence-corrected chi connectivity index (χ4v) is 3.18. The van der Waals surface area contributed by atoms with Gasteiger partial charge in [-0.1, -0.05) is 44.5 Å². The number of hydrogen-bond donors (Lipinski definition) is 2. The van der Waals surface area contributed by atoms with Crippen molar-refractivity contribution in [3.05, 3.63) is 34.9 Å². The van der Waals surface area contributed by atoms with Gasteiger partial charge in [0.25, 0.3) is 0 Å². The van der Waals surface area contributed by atoms with E-state index in [0.717, 1.165) is 6.42 Å². The summed E-state index contributed by atoms with van der Waals surface area (Å²) in [6.45, 7) is 6.48. The van der Waals surface area contributed by atoms with Gasteiger partial charge in [-0.05, 0) is 30.5 Å². The van der Waals surface area contributed by atoms with Crippen LogP contribution in [0.2, 0.25) is 5.02 Å². The number of piperidine rings is 1. The summed E-state index contributed by atoms with van der Waals surface area (Å²) in [6, 6.07) is 5.19. The van der Waals surface area contributed by atoms with Crippen LogP contribution in [-0.2, 0) is 14.4 Å². The summed E-state index contributed by atoms with van der Waals surface area (Å²) < 4.78 is 0. The second-order valence-electron chi connectivity index (χ2n) is 7.67. The standard InChI is InChI=1S/C19H25ClN2O4/c1-19(2,3)18(26)22-10-4-5-13(11-22)16(23)21-15(17(24)25)12-6-8-14(20)9-7-12/h6-9,13,15H,4-5,10-11H2,1-3H3,(H,21,23)(H,24,25). The molecule has 6 nitrogen and oxygen atoms in total. The Hall–Kier alpha value is -2.08. The molecule has 0 aliphatic carbocycles. The van der Waals surface area contributed by atoms with Crippen molar-refractivity contribution in [3.63, 3.8) is 0 Å². The summed E-state index contributed by atoms with van der Waals surface area (Å²) in [5.41, 5.74) is -0.0562. The minimum atomic E-state index is -1.14. The molecule has 1 aliphatic rings. The first kappa shape index (κ1) is 20.2. The number of halogens is 1. The van der Waals surface area contributed by atoms with Gasteiger partial charge in [-0.15, -0.1) is 0 Å². The van der Waals surface area contributed by atoms with Crippen LogP contribution in [0.3, 0.4) is 0 Å². The number of rotatable bonds is 4. The molecular formula is C19H25ClN2O4. The molecule has 2 atom stereocenters. The molecular weight excluding hydrogens is 356 g/mol. The fraction of sp³-hybridized carbons (Fsp3) is 0.526. The minimum Gasteiger partial charge on any atom is -0.479 e. The van der Waals surface area contributed by atoms with E-state index < -0.39 is 23.3 Å². The lowest BCUT2D eigenvalue weighted by molar-refractivity contribution is -0.145. The molecule has 1 aromatic rings. The van der Waals surface area contributed by atoms with Crippen LogP contribution in [0.1, 0.15) is 45.2 Å². The second-order valence-corrected chi connectivity index (χ2v) is 8.11. The molecule has 142 valence electrons. The Kier molecular flexibility index (Phi) is 6.29. The average Bonchev–Trinajstić information content (AvgIpc) is 2.58. The minimum absolute atomic E-state index is 0.00230. The van der Waals surface area contributed by atoms with Crippen LogP contribution in [0.4, 0.5) is 0 Å². The summed E-state index contributed by atoms with van der Waals surface area (Å²) in [6.07, 6.45) is 1.35. The van der Waals surface area contributed by atoms with Crippen LogP contribution >= 0.6 is 11.6 Å². The molecule has 1 aromatic carbocycles. The first-order chi connectivity index (χ1) is 12.1. The highest BCUT2D eigenvalue weighted by Crippen LogP contribution is 2.24. The number of nitrogens with zero attached hydrogens (tertiary/aromatic N) is 1. The maximum atomic E-state index is 12.6. The van der Waals surface area contributed by atoms with Gasteiger partial charge in [-0.25, -0.2) is 4.79 Å². The van der Waals surface area contributed by atoms with Crippen molar-refractivity contribution in [1.29, 1.82) is 0 Å². The highest BCUT2D eigenvalue weighted by atomic mass is 35.5. The van der Waals surface area contributed by atoms with Gasteiger partial charge in [0.05, 0.1) is 5.92 Å². The third-order valence-corrected chi connectivity index (χ3v) is 4.71. The second kappa shape index (κ2) is 8.08. The number of hydrogen-bond acceptors (Lipinski definition) is 3. The zero-order valence-corrected chi connectivity index (χ0v) is 16.0. The predicted octanol–water partition coefficient (Wildman–Crippen LogP) is 2.87. The third-order valence-electron chi connectivity index (χ3n) is 4.46. The Morgan fingerprint density at radius 2 is 1.85 bits per heavy atom. The summed E-state index contributed by atoms with van der Waals surface area (Å²) in [5, 5.41) is 12.6. The van der Waals surface area contributed by atoms with Crippen molar-refractivity contribution in [2.45, 2.75) is 39.7 Å². The van der Waals surface area contributed by atoms with Crippen LogP contribution in [0.5, 0.6) is 0 Å². The topological polar surface area (TPSA) is 86.7 Å². The molecule has 2 amide bonds. The molecule has 1 saturated heterocycles. The molecule has 7 heteroatoms. The lowest BCUT2D eigenvalue weighted by atomic mass is 9.90. The van der Waals surface area contributed by atoms with Gasteiger partial charge in [-0.3, -0.25) is 9.59 Å². The lowest BCUT2D eigenvalue weighted by Gasteiger charge is -2.36. The van der Waals surface area contributed by atoms with Crippen LogP contribution in [0.15, 0.2) is 24.3 Å². The molecule has 2 rings (SSSR count). The Balaban J connectivity index is 2.08. The number of carbonyl (C=O) groups excluding carboxylic acids is 2. The molecule has 1 heterocycles. The van der Waals surface area contributed by atoms with E-state index in [-0.39, 0.29) is 11.8 Å². The van der Waals surface area contributed by atoms with Crippen LogP contribution < -0.4 is 5.32 Å². The van der Waals surface area contributed by atoms with Gasteiger partial charge in [0, 0.05) is 23.5 Å². The van der Waals surface area contributed by atoms with Crippen LogP contribution in [0, 0.1) is 11.3 Å². The van der Waals surface area contributed by atoms with E-state index >= 15 is 0 Å². The SMILES string of the molecule is CC(C)(C)C(=O)N1CCCC(C(=O)NC(C(=O)O)c2ccc(Cl)cc2)C1. The molecule has 2 unspecified atom stereocenters. The van der Waals surface area contributed by atoms with Crippen molar-refractivity contribution in [2.24, 2.45) is 11.3 Å². The third kappa shape index (κ3) is 4.97. The molecule has 1 fully saturated rings. The number of carboxylic acids is 1. The predicted molar refractivity (Wildman–Crippen MR) is 98.7 cm³/mol. The number of nitrogens with one attached hydrogen (secondary N) is 1. The number of carbonyl (C=O) groups is 3. The Bertz CT molecular complexity index is 682. The highest BCUT2D eigenvalue weighted by Gasteiger charge is 2.34. The molecule has 0 bridgehead atoms. The smallest absolute Gasteiger partial charge is 0.330 e. The van der Waals surface area contributed by atoms with E-state index in [0.29, 0.717) is 30.1 Å². The number of aliphatic carboxylic acids is 1. The van der Waals surface area contributed by atoms with E-state index in [4.69, 9.17) is 11.6 Å². The Labute approximate surface area is 158 Å². The first-order valence-electron chi connectivity index (χ1n) is 8.67. The summed E-state index contributed by atoms with van der Waals surface area (Å²) in [5.74, 6) is -1.90. The van der Waals surface area contributed by atoms with E-state index in [2.05, 4.69) is 5.32 Å². The zero-order chi connectivity index (χ0) is 19.5. The van der Waals surface area contributed by atoms with Gasteiger partial charge < -0.3 is 15.3 Å². The van der Waals surface area contributed by atoms with Crippen LogP contribution in [0.25, 0.3) is 0 Å². The van der Waals surface area contributed by atoms with Crippen molar-refractivity contribution in [3.8, 4) is 0 Å². The summed E-state index contributed by atoms with van der Waals surface area (Å²) in [7, 11) is 0. The fourth-order valence-electron chi connectivity index (χ4n) is 3.05. The first-order valence-corrected chi connectivity index (χ1v) is 9.05. The molecule has 1 aliphatic heterocycles. The zero-order valence-electron chi connectivity index (χ0n) is 15.3. The highest BCUT2D eigenvalue weighted by molar-refractivity contribution is 6.30. The molecule has 26 heavy (non-hydrogen) atoms. The van der Waals surface area contributed by atoms with Crippen molar-refractivity contribution in [1.82, 2.24) is 10.2 Å². The van der Waals surface area contributed by atoms with Crippen molar-refractivity contribution < 1.29 is 19.5 Å². The quantitative estimate of drug-likeness (QED) is 0.840. The van der Waals surface area contributed by atoms with E-state index in [1.807, 2.05) is 20.8 Å². The number of benzene rings is 1. The maximum Gasteiger partial charge on any atom is 0.330 e. The molecule has 0 aromatic heterocycles. The van der Waals surface area contributed by atoms with Crippen LogP contribution in [-0.4, -0.2) is 40.9 Å². The molecule has 0 radical (unpaired) electrons. The van der Waals surface area contributed by atoms with Gasteiger partial charge >= 0.3 is 5.97 Å². The number of likely N-dealkylation sites (tertiary alicyclic amines) is 1. The number of carboxylic acid groups (broad SMARTS) is 1. The summed E-state index contributed by atoms with van der Waals surface area (Å²) in [4.78, 5) is 38.4. The number of amides is 2. The molecule has 2 N–H and O–H groups in total. The summed E-state index contributed by atoms with van der Waals surface area (Å²) >= 11 is 5.83.